The van der Waals surface area contributed by atoms with Gasteiger partial charge in [-0.3, -0.25) is 9.59 Å². The topological polar surface area (TPSA) is 59.1 Å². The molecule has 0 saturated carbocycles. The number of fused-ring (bicyclic) bond motifs is 1. The van der Waals surface area contributed by atoms with Crippen LogP contribution in [0.25, 0.3) is 10.1 Å². The third-order valence-corrected chi connectivity index (χ3v) is 7.32. The second-order valence-electron chi connectivity index (χ2n) is 8.61. The fourth-order valence-electron chi connectivity index (χ4n) is 4.48. The molecule has 2 fully saturated rings. The van der Waals surface area contributed by atoms with E-state index >= 15 is 0 Å². The van der Waals surface area contributed by atoms with Gasteiger partial charge in [-0.05, 0) is 56.5 Å². The third-order valence-electron chi connectivity index (χ3n) is 6.12. The number of ether oxygens (including phenoxy) is 2. The first-order valence-electron chi connectivity index (χ1n) is 11.3. The molecule has 0 spiro atoms. The molecule has 7 heteroatoms. The van der Waals surface area contributed by atoms with Crippen LogP contribution in [0.15, 0.2) is 24.3 Å². The number of hydrogen-bond acceptors (Lipinski definition) is 5. The average molecular weight is 445 g/mol. The van der Waals surface area contributed by atoms with Gasteiger partial charge >= 0.3 is 0 Å². The Kier molecular flexibility index (Phi) is 7.25. The van der Waals surface area contributed by atoms with Crippen LogP contribution in [0, 0.1) is 0 Å². The molecule has 31 heavy (non-hydrogen) atoms. The van der Waals surface area contributed by atoms with Crippen LogP contribution in [0.2, 0.25) is 0 Å². The SMILES string of the molecule is CC(C)OCC(=O)N1CCCCC1Cc1c(C(=O)N2CCOCC2)sc2ccccc12. The highest BCUT2D eigenvalue weighted by atomic mass is 32.1. The Morgan fingerprint density at radius 3 is 2.71 bits per heavy atom. The summed E-state index contributed by atoms with van der Waals surface area (Å²) in [5.41, 5.74) is 1.09. The summed E-state index contributed by atoms with van der Waals surface area (Å²) in [5, 5.41) is 1.14. The number of amides is 2. The largest absolute Gasteiger partial charge is 0.378 e. The first kappa shape index (κ1) is 22.2. The van der Waals surface area contributed by atoms with Gasteiger partial charge < -0.3 is 19.3 Å². The maximum absolute atomic E-state index is 13.4. The van der Waals surface area contributed by atoms with E-state index in [9.17, 15) is 9.59 Å². The molecule has 0 N–H and O–H groups in total. The summed E-state index contributed by atoms with van der Waals surface area (Å²) in [6.45, 7) is 7.22. The van der Waals surface area contributed by atoms with E-state index in [2.05, 4.69) is 12.1 Å². The molecule has 1 aromatic heterocycles. The Morgan fingerprint density at radius 1 is 1.16 bits per heavy atom. The number of carbonyl (C=O) groups is 2. The van der Waals surface area contributed by atoms with Gasteiger partial charge in [0.15, 0.2) is 0 Å². The van der Waals surface area contributed by atoms with Crippen LogP contribution in [0.1, 0.15) is 48.3 Å². The zero-order chi connectivity index (χ0) is 21.8. The third kappa shape index (κ3) is 5.10. The monoisotopic (exact) mass is 444 g/mol. The van der Waals surface area contributed by atoms with Gasteiger partial charge in [0.25, 0.3) is 5.91 Å². The van der Waals surface area contributed by atoms with Crippen molar-refractivity contribution in [3.05, 3.63) is 34.7 Å². The summed E-state index contributed by atoms with van der Waals surface area (Å²) >= 11 is 1.58. The van der Waals surface area contributed by atoms with E-state index in [0.29, 0.717) is 32.7 Å². The summed E-state index contributed by atoms with van der Waals surface area (Å²) in [5.74, 6) is 0.148. The zero-order valence-corrected chi connectivity index (χ0v) is 19.3. The highest BCUT2D eigenvalue weighted by Gasteiger charge is 2.31. The molecule has 168 valence electrons. The minimum atomic E-state index is 0.0331. The quantitative estimate of drug-likeness (QED) is 0.681. The van der Waals surface area contributed by atoms with Crippen LogP contribution in [0.4, 0.5) is 0 Å². The first-order valence-corrected chi connectivity index (χ1v) is 12.1. The number of thiophene rings is 1. The summed E-state index contributed by atoms with van der Waals surface area (Å²) < 4.78 is 12.2. The van der Waals surface area contributed by atoms with Crippen molar-refractivity contribution >= 4 is 33.2 Å². The van der Waals surface area contributed by atoms with Gasteiger partial charge in [-0.15, -0.1) is 11.3 Å². The van der Waals surface area contributed by atoms with E-state index in [4.69, 9.17) is 9.47 Å². The molecule has 6 nitrogen and oxygen atoms in total. The number of benzene rings is 1. The van der Waals surface area contributed by atoms with E-state index in [1.807, 2.05) is 35.8 Å². The van der Waals surface area contributed by atoms with Crippen LogP contribution in [0.5, 0.6) is 0 Å². The van der Waals surface area contributed by atoms with Crippen molar-refractivity contribution in [3.63, 3.8) is 0 Å². The molecule has 4 rings (SSSR count). The molecule has 3 heterocycles. The van der Waals surface area contributed by atoms with Crippen LogP contribution < -0.4 is 0 Å². The Bertz CT molecular complexity index is 919. The second kappa shape index (κ2) is 10.1. The lowest BCUT2D eigenvalue weighted by Crippen LogP contribution is -2.47. The first-order chi connectivity index (χ1) is 15.0. The molecule has 0 aliphatic carbocycles. The lowest BCUT2D eigenvalue weighted by atomic mass is 9.93. The van der Waals surface area contributed by atoms with Crippen LogP contribution in [-0.2, 0) is 20.7 Å². The second-order valence-corrected chi connectivity index (χ2v) is 9.66. The Morgan fingerprint density at radius 2 is 1.94 bits per heavy atom. The number of nitrogens with zero attached hydrogens (tertiary/aromatic N) is 2. The van der Waals surface area contributed by atoms with Crippen molar-refractivity contribution in [2.75, 3.05) is 39.5 Å². The predicted molar refractivity (Wildman–Crippen MR) is 123 cm³/mol. The summed E-state index contributed by atoms with van der Waals surface area (Å²) in [6, 6.07) is 8.34. The molecule has 2 aliphatic rings. The van der Waals surface area contributed by atoms with E-state index in [-0.39, 0.29) is 30.6 Å². The van der Waals surface area contributed by atoms with Crippen molar-refractivity contribution in [2.45, 2.75) is 51.7 Å². The summed E-state index contributed by atoms with van der Waals surface area (Å²) in [7, 11) is 0. The molecule has 0 radical (unpaired) electrons. The summed E-state index contributed by atoms with van der Waals surface area (Å²) in [4.78, 5) is 31.0. The average Bonchev–Trinajstić information content (AvgIpc) is 3.16. The number of carbonyl (C=O) groups excluding carboxylic acids is 2. The lowest BCUT2D eigenvalue weighted by molar-refractivity contribution is -0.141. The Hall–Kier alpha value is -1.96. The molecule has 1 unspecified atom stereocenters. The predicted octanol–water partition coefficient (Wildman–Crippen LogP) is 3.72. The number of hydrogen-bond donors (Lipinski definition) is 0. The lowest BCUT2D eigenvalue weighted by Gasteiger charge is -2.36. The van der Waals surface area contributed by atoms with E-state index < -0.39 is 0 Å². The molecule has 2 aromatic rings. The van der Waals surface area contributed by atoms with Crippen molar-refractivity contribution in [1.82, 2.24) is 9.80 Å². The number of morpholine rings is 1. The van der Waals surface area contributed by atoms with Gasteiger partial charge in [0.2, 0.25) is 5.91 Å². The minimum Gasteiger partial charge on any atom is -0.378 e. The van der Waals surface area contributed by atoms with Gasteiger partial charge in [0.1, 0.15) is 6.61 Å². The maximum Gasteiger partial charge on any atom is 0.264 e. The van der Waals surface area contributed by atoms with Crippen LogP contribution in [-0.4, -0.2) is 73.2 Å². The van der Waals surface area contributed by atoms with Crippen LogP contribution in [0.3, 0.4) is 0 Å². The Labute approximate surface area is 188 Å². The van der Waals surface area contributed by atoms with E-state index in [1.165, 1.54) is 0 Å². The number of piperidine rings is 1. The van der Waals surface area contributed by atoms with Gasteiger partial charge in [-0.2, -0.15) is 0 Å². The number of likely N-dealkylation sites (tertiary alicyclic amines) is 1. The zero-order valence-electron chi connectivity index (χ0n) is 18.5. The molecule has 0 bridgehead atoms. The molecule has 2 saturated heterocycles. The molecular weight excluding hydrogens is 412 g/mol. The van der Waals surface area contributed by atoms with Gasteiger partial charge in [-0.25, -0.2) is 0 Å². The molecule has 2 aliphatic heterocycles. The molecule has 1 atom stereocenters. The Balaban J connectivity index is 1.61. The highest BCUT2D eigenvalue weighted by Crippen LogP contribution is 2.35. The number of rotatable bonds is 6. The van der Waals surface area contributed by atoms with Crippen molar-refractivity contribution in [1.29, 1.82) is 0 Å². The molecule has 2 amide bonds. The van der Waals surface area contributed by atoms with Gasteiger partial charge in [0.05, 0.1) is 24.2 Å². The normalized spacial score (nSPS) is 19.9. The van der Waals surface area contributed by atoms with Crippen molar-refractivity contribution in [3.8, 4) is 0 Å². The smallest absolute Gasteiger partial charge is 0.264 e. The fraction of sp³-hybridized carbons (Fsp3) is 0.583. The van der Waals surface area contributed by atoms with E-state index in [1.54, 1.807) is 11.3 Å². The van der Waals surface area contributed by atoms with E-state index in [0.717, 1.165) is 46.3 Å². The molecular formula is C24H32N2O4S. The standard InChI is InChI=1S/C24H32N2O4S/c1-17(2)30-16-22(27)26-10-6-5-7-18(26)15-20-19-8-3-4-9-21(19)31-23(20)24(28)25-11-13-29-14-12-25/h3-4,8-9,17-18H,5-7,10-16H2,1-2H3. The molecule has 1 aromatic carbocycles. The van der Waals surface area contributed by atoms with Gasteiger partial charge in [-0.1, -0.05) is 18.2 Å². The van der Waals surface area contributed by atoms with Crippen molar-refractivity contribution in [2.24, 2.45) is 0 Å². The van der Waals surface area contributed by atoms with Gasteiger partial charge in [0, 0.05) is 30.4 Å². The van der Waals surface area contributed by atoms with Crippen LogP contribution >= 0.6 is 11.3 Å². The minimum absolute atomic E-state index is 0.0331. The summed E-state index contributed by atoms with van der Waals surface area (Å²) in [6.07, 6.45) is 3.83. The van der Waals surface area contributed by atoms with Crippen molar-refractivity contribution < 1.29 is 19.1 Å². The maximum atomic E-state index is 13.4. The fourth-order valence-corrected chi connectivity index (χ4v) is 5.68. The highest BCUT2D eigenvalue weighted by molar-refractivity contribution is 7.21.